The Morgan fingerprint density at radius 3 is 1.89 bits per heavy atom. The first-order valence-corrected chi connectivity index (χ1v) is 18.7. The second-order valence-corrected chi connectivity index (χ2v) is 15.9. The van der Waals surface area contributed by atoms with Crippen molar-refractivity contribution in [2.24, 2.45) is 17.8 Å². The minimum Gasteiger partial charge on any atom is -0.354 e. The smallest absolute Gasteiger partial charge is 0.244 e. The highest BCUT2D eigenvalue weighted by Crippen LogP contribution is 2.60. The number of hydrogen-bond acceptors (Lipinski definition) is 4. The van der Waals surface area contributed by atoms with Crippen LogP contribution in [0.25, 0.3) is 0 Å². The van der Waals surface area contributed by atoms with Crippen LogP contribution in [0.4, 0.5) is 5.69 Å². The molecule has 7 rings (SSSR count). The van der Waals surface area contributed by atoms with Gasteiger partial charge in [0, 0.05) is 19.5 Å². The quantitative estimate of drug-likeness (QED) is 0.245. The van der Waals surface area contributed by atoms with E-state index >= 15 is 0 Å². The number of benzene rings is 3. The Hall–Kier alpha value is -3.65. The first-order chi connectivity index (χ1) is 22.1. The molecule has 0 aliphatic heterocycles. The molecule has 2 amide bonds. The van der Waals surface area contributed by atoms with Crippen LogP contribution in [0.15, 0.2) is 84.9 Å². The van der Waals surface area contributed by atoms with Crippen molar-refractivity contribution in [1.82, 2.24) is 10.2 Å². The van der Waals surface area contributed by atoms with Gasteiger partial charge in [0.1, 0.15) is 12.6 Å². The Morgan fingerprint density at radius 2 is 1.37 bits per heavy atom. The van der Waals surface area contributed by atoms with Crippen LogP contribution in [0.2, 0.25) is 0 Å². The molecule has 0 aromatic heterocycles. The molecular formula is C38H47N3O4S. The second-order valence-electron chi connectivity index (χ2n) is 14.0. The Bertz CT molecular complexity index is 1570. The fourth-order valence-corrected chi connectivity index (χ4v) is 9.61. The van der Waals surface area contributed by atoms with Gasteiger partial charge in [-0.2, -0.15) is 0 Å². The molecule has 0 heterocycles. The maximum atomic E-state index is 14.3. The normalized spacial score (nSPS) is 23.9. The maximum Gasteiger partial charge on any atom is 0.244 e. The third kappa shape index (κ3) is 7.17. The van der Waals surface area contributed by atoms with E-state index in [1.807, 2.05) is 79.7 Å². The van der Waals surface area contributed by atoms with Crippen LogP contribution < -0.4 is 9.62 Å². The van der Waals surface area contributed by atoms with Crippen molar-refractivity contribution in [3.63, 3.8) is 0 Å². The zero-order valence-corrected chi connectivity index (χ0v) is 27.9. The van der Waals surface area contributed by atoms with E-state index in [1.165, 1.54) is 48.4 Å². The topological polar surface area (TPSA) is 86.8 Å². The molecule has 4 saturated carbocycles. The standard InChI is InChI=1S/C38H47N3O4S/c1-3-18-39-37(43)35(22-28-10-6-4-7-11-28)40(26-29-12-8-5-9-13-29)36(42)27-41(46(2,44)45)34-16-14-33(15-17-34)38-23-30-19-31(24-38)21-32(20-30)25-38/h4-17,30-32,35H,3,18-27H2,1-2H3,(H,39,43)/t30?,31?,32?,35-,38?/m1/s1. The van der Waals surface area contributed by atoms with E-state index in [2.05, 4.69) is 17.4 Å². The molecule has 0 spiro atoms. The SMILES string of the molecule is CCCNC(=O)[C@@H](Cc1ccccc1)N(Cc1ccccc1)C(=O)CN(c1ccc(C23CC4CC(CC(C4)C2)C3)cc1)S(C)(=O)=O. The van der Waals surface area contributed by atoms with Crippen LogP contribution in [-0.4, -0.2) is 50.5 Å². The van der Waals surface area contributed by atoms with E-state index in [9.17, 15) is 18.0 Å². The number of nitrogens with zero attached hydrogens (tertiary/aromatic N) is 2. The van der Waals surface area contributed by atoms with E-state index in [1.54, 1.807) is 4.90 Å². The van der Waals surface area contributed by atoms with Gasteiger partial charge in [0.25, 0.3) is 0 Å². The molecule has 3 aromatic carbocycles. The molecule has 3 aromatic rings. The van der Waals surface area contributed by atoms with Gasteiger partial charge in [-0.25, -0.2) is 8.42 Å². The maximum absolute atomic E-state index is 14.3. The van der Waals surface area contributed by atoms with Gasteiger partial charge in [-0.3, -0.25) is 13.9 Å². The van der Waals surface area contributed by atoms with Gasteiger partial charge in [-0.05, 0) is 96.9 Å². The van der Waals surface area contributed by atoms with Crippen LogP contribution in [0.1, 0.15) is 68.6 Å². The molecule has 0 radical (unpaired) electrons. The minimum atomic E-state index is -3.81. The molecule has 244 valence electrons. The zero-order chi connectivity index (χ0) is 32.3. The molecule has 1 atom stereocenters. The van der Waals surface area contributed by atoms with Crippen molar-refractivity contribution in [2.75, 3.05) is 23.7 Å². The number of carbonyl (C=O) groups is 2. The van der Waals surface area contributed by atoms with Gasteiger partial charge in [0.15, 0.2) is 0 Å². The summed E-state index contributed by atoms with van der Waals surface area (Å²) in [6.07, 6.45) is 9.99. The first-order valence-electron chi connectivity index (χ1n) is 16.9. The summed E-state index contributed by atoms with van der Waals surface area (Å²) < 4.78 is 27.7. The lowest BCUT2D eigenvalue weighted by Gasteiger charge is -2.57. The first kappa shape index (κ1) is 32.3. The highest BCUT2D eigenvalue weighted by Gasteiger charge is 2.51. The van der Waals surface area contributed by atoms with Gasteiger partial charge < -0.3 is 10.2 Å². The Balaban J connectivity index is 1.29. The summed E-state index contributed by atoms with van der Waals surface area (Å²) in [7, 11) is -3.81. The molecule has 0 saturated heterocycles. The number of hydrogen-bond donors (Lipinski definition) is 1. The van der Waals surface area contributed by atoms with Gasteiger partial charge in [0.2, 0.25) is 21.8 Å². The average molecular weight is 642 g/mol. The Kier molecular flexibility index (Phi) is 9.55. The fraction of sp³-hybridized carbons (Fsp3) is 0.474. The van der Waals surface area contributed by atoms with Crippen LogP contribution in [0.5, 0.6) is 0 Å². The summed E-state index contributed by atoms with van der Waals surface area (Å²) in [5.41, 5.74) is 3.76. The Morgan fingerprint density at radius 1 is 0.826 bits per heavy atom. The van der Waals surface area contributed by atoms with E-state index in [0.29, 0.717) is 18.7 Å². The molecule has 8 heteroatoms. The van der Waals surface area contributed by atoms with Crippen LogP contribution in [-0.2, 0) is 38.0 Å². The Labute approximate surface area is 274 Å². The fourth-order valence-electron chi connectivity index (χ4n) is 8.76. The third-order valence-corrected chi connectivity index (χ3v) is 11.6. The van der Waals surface area contributed by atoms with Gasteiger partial charge in [-0.15, -0.1) is 0 Å². The van der Waals surface area contributed by atoms with Gasteiger partial charge >= 0.3 is 0 Å². The number of sulfonamides is 1. The molecule has 1 N–H and O–H groups in total. The molecule has 4 fully saturated rings. The summed E-state index contributed by atoms with van der Waals surface area (Å²) in [5.74, 6) is 1.76. The molecular weight excluding hydrogens is 595 g/mol. The van der Waals surface area contributed by atoms with Crippen LogP contribution in [0, 0.1) is 17.8 Å². The van der Waals surface area contributed by atoms with E-state index in [-0.39, 0.29) is 17.9 Å². The number of amides is 2. The van der Waals surface area contributed by atoms with Crippen molar-refractivity contribution in [2.45, 2.75) is 76.3 Å². The monoisotopic (exact) mass is 641 g/mol. The van der Waals surface area contributed by atoms with Crippen molar-refractivity contribution in [3.8, 4) is 0 Å². The van der Waals surface area contributed by atoms with Crippen molar-refractivity contribution >= 4 is 27.5 Å². The van der Waals surface area contributed by atoms with Gasteiger partial charge in [-0.1, -0.05) is 79.7 Å². The molecule has 4 aliphatic carbocycles. The van der Waals surface area contributed by atoms with Crippen LogP contribution >= 0.6 is 0 Å². The van der Waals surface area contributed by atoms with E-state index < -0.39 is 28.5 Å². The average Bonchev–Trinajstić information content (AvgIpc) is 3.04. The van der Waals surface area contributed by atoms with E-state index in [4.69, 9.17) is 0 Å². The highest BCUT2D eigenvalue weighted by atomic mass is 32.2. The predicted molar refractivity (Wildman–Crippen MR) is 183 cm³/mol. The summed E-state index contributed by atoms with van der Waals surface area (Å²) in [5, 5.41) is 2.98. The summed E-state index contributed by atoms with van der Waals surface area (Å²) >= 11 is 0. The molecule has 4 aliphatic rings. The zero-order valence-electron chi connectivity index (χ0n) is 27.1. The summed E-state index contributed by atoms with van der Waals surface area (Å²) in [4.78, 5) is 29.5. The van der Waals surface area contributed by atoms with Crippen molar-refractivity contribution in [1.29, 1.82) is 0 Å². The van der Waals surface area contributed by atoms with Crippen molar-refractivity contribution < 1.29 is 18.0 Å². The molecule has 7 nitrogen and oxygen atoms in total. The van der Waals surface area contributed by atoms with Gasteiger partial charge in [0.05, 0.1) is 11.9 Å². The number of anilines is 1. The molecule has 0 unspecified atom stereocenters. The summed E-state index contributed by atoms with van der Waals surface area (Å²) in [6.45, 7) is 2.26. The van der Waals surface area contributed by atoms with E-state index in [0.717, 1.165) is 41.6 Å². The predicted octanol–water partition coefficient (Wildman–Crippen LogP) is 6.09. The lowest BCUT2D eigenvalue weighted by atomic mass is 9.48. The largest absolute Gasteiger partial charge is 0.354 e. The highest BCUT2D eigenvalue weighted by molar-refractivity contribution is 7.92. The minimum absolute atomic E-state index is 0.180. The second kappa shape index (κ2) is 13.6. The molecule has 46 heavy (non-hydrogen) atoms. The number of carbonyl (C=O) groups excluding carboxylic acids is 2. The number of rotatable bonds is 13. The van der Waals surface area contributed by atoms with Crippen molar-refractivity contribution in [3.05, 3.63) is 102 Å². The summed E-state index contributed by atoms with van der Waals surface area (Å²) in [6, 6.07) is 26.3. The third-order valence-electron chi connectivity index (χ3n) is 10.5. The lowest BCUT2D eigenvalue weighted by Crippen LogP contribution is -2.53. The van der Waals surface area contributed by atoms with Crippen LogP contribution in [0.3, 0.4) is 0 Å². The number of nitrogens with one attached hydrogen (secondary N) is 1. The lowest BCUT2D eigenvalue weighted by molar-refractivity contribution is -0.140. The molecule has 4 bridgehead atoms.